The van der Waals surface area contributed by atoms with Gasteiger partial charge in [0.15, 0.2) is 0 Å². The molecule has 0 saturated carbocycles. The van der Waals surface area contributed by atoms with Crippen molar-refractivity contribution < 1.29 is 4.79 Å². The lowest BCUT2D eigenvalue weighted by molar-refractivity contribution is 0.0985. The van der Waals surface area contributed by atoms with Gasteiger partial charge in [0.25, 0.3) is 5.91 Å². The maximum atomic E-state index is 12.9. The molecule has 1 aliphatic heterocycles. The Bertz CT molecular complexity index is 712. The molecular weight excluding hydrogens is 276 g/mol. The van der Waals surface area contributed by atoms with Crippen molar-refractivity contribution in [2.75, 3.05) is 36.2 Å². The zero-order valence-corrected chi connectivity index (χ0v) is 12.9. The molecule has 5 nitrogen and oxygen atoms in total. The van der Waals surface area contributed by atoms with Crippen LogP contribution in [0.5, 0.6) is 0 Å². The number of carbonyl (C=O) groups excluding carboxylic acids is 1. The van der Waals surface area contributed by atoms with Crippen LogP contribution in [0, 0.1) is 0 Å². The van der Waals surface area contributed by atoms with Crippen molar-refractivity contribution in [1.82, 2.24) is 4.98 Å². The number of benzene rings is 1. The molecule has 5 heteroatoms. The van der Waals surface area contributed by atoms with Gasteiger partial charge < -0.3 is 15.5 Å². The van der Waals surface area contributed by atoms with Gasteiger partial charge in [-0.25, -0.2) is 4.98 Å². The molecule has 2 aromatic rings. The smallest absolute Gasteiger partial charge is 0.258 e. The number of nitrogens with two attached hydrogens (primary N) is 1. The van der Waals surface area contributed by atoms with Crippen LogP contribution in [0.3, 0.4) is 0 Å². The molecule has 1 aromatic heterocycles. The van der Waals surface area contributed by atoms with Gasteiger partial charge in [-0.2, -0.15) is 0 Å². The molecule has 3 rings (SSSR count). The van der Waals surface area contributed by atoms with E-state index in [2.05, 4.69) is 4.98 Å². The number of nitrogen functional groups attached to an aromatic ring is 1. The third kappa shape index (κ3) is 2.50. The highest BCUT2D eigenvalue weighted by Gasteiger charge is 2.25. The van der Waals surface area contributed by atoms with Crippen molar-refractivity contribution in [3.63, 3.8) is 0 Å². The van der Waals surface area contributed by atoms with Crippen LogP contribution in [0.15, 0.2) is 36.5 Å². The molecule has 0 unspecified atom stereocenters. The largest absolute Gasteiger partial charge is 0.398 e. The Labute approximate surface area is 130 Å². The average Bonchev–Trinajstić information content (AvgIpc) is 2.54. The van der Waals surface area contributed by atoms with Crippen molar-refractivity contribution >= 4 is 23.1 Å². The van der Waals surface area contributed by atoms with E-state index >= 15 is 0 Å². The van der Waals surface area contributed by atoms with E-state index in [0.29, 0.717) is 5.56 Å². The Morgan fingerprint density at radius 3 is 2.91 bits per heavy atom. The monoisotopic (exact) mass is 296 g/mol. The Balaban J connectivity index is 1.98. The quantitative estimate of drug-likeness (QED) is 0.864. The highest BCUT2D eigenvalue weighted by molar-refractivity contribution is 6.07. The van der Waals surface area contributed by atoms with Crippen LogP contribution in [-0.4, -0.2) is 31.5 Å². The van der Waals surface area contributed by atoms with E-state index in [9.17, 15) is 4.79 Å². The summed E-state index contributed by atoms with van der Waals surface area (Å²) in [6.07, 6.45) is 3.52. The minimum atomic E-state index is -0.00273. The molecule has 1 amide bonds. The summed E-state index contributed by atoms with van der Waals surface area (Å²) >= 11 is 0. The molecule has 0 radical (unpaired) electrons. The van der Waals surface area contributed by atoms with Crippen LogP contribution in [0.1, 0.15) is 22.3 Å². The van der Waals surface area contributed by atoms with Crippen LogP contribution in [0.4, 0.5) is 17.2 Å². The highest BCUT2D eigenvalue weighted by Crippen LogP contribution is 2.32. The van der Waals surface area contributed by atoms with E-state index in [4.69, 9.17) is 5.73 Å². The van der Waals surface area contributed by atoms with E-state index in [1.165, 1.54) is 0 Å². The van der Waals surface area contributed by atoms with E-state index in [0.717, 1.165) is 42.1 Å². The number of hydrogen-bond donors (Lipinski definition) is 1. The van der Waals surface area contributed by atoms with Crippen LogP contribution in [0.25, 0.3) is 0 Å². The molecular formula is C17H20N4O. The first-order chi connectivity index (χ1) is 10.6. The number of aromatic nitrogens is 1. The van der Waals surface area contributed by atoms with Gasteiger partial charge in [-0.3, -0.25) is 4.79 Å². The number of pyridine rings is 1. The molecule has 2 heterocycles. The predicted molar refractivity (Wildman–Crippen MR) is 89.4 cm³/mol. The summed E-state index contributed by atoms with van der Waals surface area (Å²) in [7, 11) is 3.82. The zero-order chi connectivity index (χ0) is 15.7. The second-order valence-corrected chi connectivity index (χ2v) is 5.70. The molecule has 0 atom stereocenters. The minimum Gasteiger partial charge on any atom is -0.398 e. The molecule has 0 fully saturated rings. The second-order valence-electron chi connectivity index (χ2n) is 5.70. The number of amides is 1. The van der Waals surface area contributed by atoms with Crippen LogP contribution >= 0.6 is 0 Å². The normalized spacial score (nSPS) is 13.6. The van der Waals surface area contributed by atoms with E-state index < -0.39 is 0 Å². The van der Waals surface area contributed by atoms with Gasteiger partial charge in [-0.05, 0) is 42.7 Å². The van der Waals surface area contributed by atoms with Gasteiger partial charge >= 0.3 is 0 Å². The van der Waals surface area contributed by atoms with Crippen molar-refractivity contribution in [3.8, 4) is 0 Å². The molecule has 2 N–H and O–H groups in total. The van der Waals surface area contributed by atoms with Crippen molar-refractivity contribution in [3.05, 3.63) is 47.7 Å². The summed E-state index contributed by atoms with van der Waals surface area (Å²) < 4.78 is 0. The molecule has 0 bridgehead atoms. The summed E-state index contributed by atoms with van der Waals surface area (Å²) in [6.45, 7) is 0.717. The first-order valence-electron chi connectivity index (χ1n) is 7.40. The Morgan fingerprint density at radius 2 is 2.14 bits per heavy atom. The van der Waals surface area contributed by atoms with Crippen molar-refractivity contribution in [1.29, 1.82) is 0 Å². The predicted octanol–water partition coefficient (Wildman–Crippen LogP) is 2.32. The number of carbonyl (C=O) groups is 1. The number of rotatable bonds is 2. The zero-order valence-electron chi connectivity index (χ0n) is 12.9. The summed E-state index contributed by atoms with van der Waals surface area (Å²) in [5.41, 5.74) is 9.46. The topological polar surface area (TPSA) is 62.5 Å². The Morgan fingerprint density at radius 1 is 1.32 bits per heavy atom. The highest BCUT2D eigenvalue weighted by atomic mass is 16.2. The average molecular weight is 296 g/mol. The Kier molecular flexibility index (Phi) is 3.71. The minimum absolute atomic E-state index is 0.00273. The first kappa shape index (κ1) is 14.4. The number of hydrogen-bond acceptors (Lipinski definition) is 4. The first-order valence-corrected chi connectivity index (χ1v) is 7.40. The second kappa shape index (κ2) is 5.67. The van der Waals surface area contributed by atoms with Crippen LogP contribution in [0.2, 0.25) is 0 Å². The lowest BCUT2D eigenvalue weighted by Gasteiger charge is -2.30. The van der Waals surface area contributed by atoms with Gasteiger partial charge in [-0.15, -0.1) is 0 Å². The fourth-order valence-electron chi connectivity index (χ4n) is 2.81. The van der Waals surface area contributed by atoms with E-state index in [1.807, 2.05) is 48.2 Å². The maximum absolute atomic E-state index is 12.9. The summed E-state index contributed by atoms with van der Waals surface area (Å²) in [5, 5.41) is 0. The number of nitrogens with zero attached hydrogens (tertiary/aromatic N) is 3. The van der Waals surface area contributed by atoms with Gasteiger partial charge in [0.1, 0.15) is 5.82 Å². The van der Waals surface area contributed by atoms with Gasteiger partial charge in [0.2, 0.25) is 0 Å². The molecule has 0 saturated heterocycles. The summed E-state index contributed by atoms with van der Waals surface area (Å²) in [6, 6.07) is 9.34. The third-order valence-corrected chi connectivity index (χ3v) is 3.98. The number of fused-ring (bicyclic) bond motifs is 1. The fraction of sp³-hybridized carbons (Fsp3) is 0.294. The standard InChI is InChI=1S/C17H20N4O/c1-20(2)16-11-12(8-9-19-16)17(22)21-10-4-5-13-14(18)6-3-7-15(13)21/h3,6-9,11H,4-5,10,18H2,1-2H3. The van der Waals surface area contributed by atoms with E-state index in [-0.39, 0.29) is 5.91 Å². The summed E-state index contributed by atoms with van der Waals surface area (Å²) in [4.78, 5) is 20.9. The molecule has 114 valence electrons. The van der Waals surface area contributed by atoms with Gasteiger partial charge in [0.05, 0.1) is 0 Å². The van der Waals surface area contributed by atoms with E-state index in [1.54, 1.807) is 12.3 Å². The van der Waals surface area contributed by atoms with Crippen molar-refractivity contribution in [2.45, 2.75) is 12.8 Å². The third-order valence-electron chi connectivity index (χ3n) is 3.98. The van der Waals surface area contributed by atoms with Crippen LogP contribution < -0.4 is 15.5 Å². The maximum Gasteiger partial charge on any atom is 0.258 e. The Hall–Kier alpha value is -2.56. The van der Waals surface area contributed by atoms with Crippen LogP contribution in [-0.2, 0) is 6.42 Å². The lowest BCUT2D eigenvalue weighted by atomic mass is 9.99. The molecule has 0 aliphatic carbocycles. The fourth-order valence-corrected chi connectivity index (χ4v) is 2.81. The summed E-state index contributed by atoms with van der Waals surface area (Å²) in [5.74, 6) is 0.771. The molecule has 1 aliphatic rings. The molecule has 22 heavy (non-hydrogen) atoms. The lowest BCUT2D eigenvalue weighted by Crippen LogP contribution is -2.35. The molecule has 0 spiro atoms. The van der Waals surface area contributed by atoms with Crippen molar-refractivity contribution in [2.24, 2.45) is 0 Å². The van der Waals surface area contributed by atoms with Gasteiger partial charge in [-0.1, -0.05) is 6.07 Å². The van der Waals surface area contributed by atoms with Gasteiger partial charge in [0, 0.05) is 43.8 Å². The molecule has 1 aromatic carbocycles. The number of anilines is 3. The SMILES string of the molecule is CN(C)c1cc(C(=O)N2CCCc3c(N)cccc32)ccn1.